The Kier molecular flexibility index (Phi) is 4.24. The predicted molar refractivity (Wildman–Crippen MR) is 98.0 cm³/mol. The summed E-state index contributed by atoms with van der Waals surface area (Å²) < 4.78 is 5.30. The number of methoxy groups -OCH3 is 1. The number of para-hydroxylation sites is 2. The molecule has 0 aliphatic heterocycles. The van der Waals surface area contributed by atoms with Crippen molar-refractivity contribution in [3.05, 3.63) is 59.2 Å². The van der Waals surface area contributed by atoms with Crippen LogP contribution in [-0.2, 0) is 10.2 Å². The Morgan fingerprint density at radius 1 is 1.21 bits per heavy atom. The molecule has 3 rings (SSSR count). The van der Waals surface area contributed by atoms with Gasteiger partial charge in [-0.2, -0.15) is 0 Å². The van der Waals surface area contributed by atoms with Crippen molar-refractivity contribution in [2.45, 2.75) is 19.3 Å². The number of carbonyl (C=O) groups is 1. The van der Waals surface area contributed by atoms with Crippen LogP contribution in [0, 0.1) is 0 Å². The molecular weight excluding hydrogens is 324 g/mol. The first-order valence-electron chi connectivity index (χ1n) is 7.65. The molecule has 0 spiro atoms. The molecule has 3 aromatic rings. The Morgan fingerprint density at radius 2 is 1.96 bits per heavy atom. The first-order valence-corrected chi connectivity index (χ1v) is 8.03. The molecule has 0 bridgehead atoms. The van der Waals surface area contributed by atoms with Crippen LogP contribution in [0.3, 0.4) is 0 Å². The molecule has 0 radical (unpaired) electrons. The molecule has 0 saturated heterocycles. The van der Waals surface area contributed by atoms with E-state index < -0.39 is 5.41 Å². The highest BCUT2D eigenvalue weighted by molar-refractivity contribution is 6.31. The smallest absolute Gasteiger partial charge is 0.234 e. The number of H-pyrrole nitrogens is 1. The zero-order valence-corrected chi connectivity index (χ0v) is 14.6. The summed E-state index contributed by atoms with van der Waals surface area (Å²) in [5, 5.41) is 4.55. The molecule has 0 saturated carbocycles. The molecule has 2 aromatic carbocycles. The summed E-state index contributed by atoms with van der Waals surface area (Å²) in [6, 6.07) is 13.0. The number of aromatic amines is 1. The van der Waals surface area contributed by atoms with Gasteiger partial charge in [-0.15, -0.1) is 0 Å². The van der Waals surface area contributed by atoms with E-state index in [-0.39, 0.29) is 5.91 Å². The van der Waals surface area contributed by atoms with Gasteiger partial charge in [0.15, 0.2) is 0 Å². The number of hydrogen-bond donors (Lipinski definition) is 2. The molecule has 124 valence electrons. The molecule has 1 amide bonds. The number of rotatable bonds is 4. The Labute approximate surface area is 145 Å². The van der Waals surface area contributed by atoms with Crippen LogP contribution in [0.15, 0.2) is 48.7 Å². The predicted octanol–water partition coefficient (Wildman–Crippen LogP) is 4.75. The maximum atomic E-state index is 12.9. The lowest BCUT2D eigenvalue weighted by Crippen LogP contribution is -2.34. The molecule has 0 aliphatic rings. The third-order valence-corrected chi connectivity index (χ3v) is 4.48. The molecule has 0 unspecified atom stereocenters. The monoisotopic (exact) mass is 342 g/mol. The highest BCUT2D eigenvalue weighted by atomic mass is 35.5. The van der Waals surface area contributed by atoms with Gasteiger partial charge in [0.25, 0.3) is 0 Å². The molecule has 0 atom stereocenters. The minimum atomic E-state index is -0.746. The molecule has 2 N–H and O–H groups in total. The van der Waals surface area contributed by atoms with E-state index >= 15 is 0 Å². The van der Waals surface area contributed by atoms with Crippen molar-refractivity contribution in [1.82, 2.24) is 4.98 Å². The summed E-state index contributed by atoms with van der Waals surface area (Å²) in [6.45, 7) is 3.78. The van der Waals surface area contributed by atoms with E-state index in [1.165, 1.54) is 0 Å². The maximum Gasteiger partial charge on any atom is 0.234 e. The summed E-state index contributed by atoms with van der Waals surface area (Å²) in [4.78, 5) is 16.1. The lowest BCUT2D eigenvalue weighted by atomic mass is 9.83. The van der Waals surface area contributed by atoms with Gasteiger partial charge in [0.05, 0.1) is 18.2 Å². The van der Waals surface area contributed by atoms with E-state index in [0.29, 0.717) is 16.5 Å². The molecular formula is C19H19ClN2O2. The fraction of sp³-hybridized carbons (Fsp3) is 0.211. The number of nitrogens with one attached hydrogen (secondary N) is 2. The van der Waals surface area contributed by atoms with Crippen LogP contribution in [0.2, 0.25) is 5.02 Å². The van der Waals surface area contributed by atoms with Crippen LogP contribution in [0.5, 0.6) is 5.75 Å². The third kappa shape index (κ3) is 2.85. The van der Waals surface area contributed by atoms with Crippen molar-refractivity contribution in [1.29, 1.82) is 0 Å². The topological polar surface area (TPSA) is 54.1 Å². The average Bonchev–Trinajstić information content (AvgIpc) is 2.99. The number of halogens is 1. The van der Waals surface area contributed by atoms with E-state index in [4.69, 9.17) is 16.3 Å². The van der Waals surface area contributed by atoms with E-state index in [2.05, 4.69) is 10.3 Å². The second kappa shape index (κ2) is 6.21. The first-order chi connectivity index (χ1) is 11.4. The Bertz CT molecular complexity index is 899. The van der Waals surface area contributed by atoms with Gasteiger partial charge in [-0.05, 0) is 49.7 Å². The number of benzene rings is 2. The molecule has 24 heavy (non-hydrogen) atoms. The van der Waals surface area contributed by atoms with Gasteiger partial charge in [-0.3, -0.25) is 4.79 Å². The molecule has 1 heterocycles. The molecule has 1 aromatic heterocycles. The van der Waals surface area contributed by atoms with Crippen LogP contribution in [0.4, 0.5) is 5.69 Å². The highest BCUT2D eigenvalue weighted by Crippen LogP contribution is 2.34. The minimum Gasteiger partial charge on any atom is -0.495 e. The van der Waals surface area contributed by atoms with Gasteiger partial charge >= 0.3 is 0 Å². The standard InChI is InChI=1S/C19H19ClN2O2/c1-19(2,14-11-21-15-9-8-12(20)10-13(14)15)18(23)22-16-6-4-5-7-17(16)24-3/h4-11,21H,1-3H3,(H,22,23). The number of amides is 1. The Balaban J connectivity index is 1.96. The molecule has 0 aliphatic carbocycles. The van der Waals surface area contributed by atoms with Crippen LogP contribution in [0.25, 0.3) is 10.9 Å². The lowest BCUT2D eigenvalue weighted by molar-refractivity contribution is -0.120. The fourth-order valence-corrected chi connectivity index (χ4v) is 2.93. The van der Waals surface area contributed by atoms with Crippen LogP contribution in [-0.4, -0.2) is 18.0 Å². The average molecular weight is 343 g/mol. The number of carbonyl (C=O) groups excluding carboxylic acids is 1. The van der Waals surface area contributed by atoms with Crippen molar-refractivity contribution in [2.75, 3.05) is 12.4 Å². The zero-order chi connectivity index (χ0) is 17.3. The van der Waals surface area contributed by atoms with Gasteiger partial charge in [0.1, 0.15) is 5.75 Å². The first kappa shape index (κ1) is 16.4. The Morgan fingerprint density at radius 3 is 2.71 bits per heavy atom. The van der Waals surface area contributed by atoms with Gasteiger partial charge in [0.2, 0.25) is 5.91 Å². The summed E-state index contributed by atoms with van der Waals surface area (Å²) >= 11 is 6.12. The Hall–Kier alpha value is -2.46. The molecule has 4 nitrogen and oxygen atoms in total. The van der Waals surface area contributed by atoms with Crippen LogP contribution >= 0.6 is 11.6 Å². The number of aromatic nitrogens is 1. The summed E-state index contributed by atoms with van der Waals surface area (Å²) in [6.07, 6.45) is 1.86. The second-order valence-electron chi connectivity index (χ2n) is 6.17. The molecule has 5 heteroatoms. The maximum absolute atomic E-state index is 12.9. The van der Waals surface area contributed by atoms with E-state index in [9.17, 15) is 4.79 Å². The summed E-state index contributed by atoms with van der Waals surface area (Å²) in [7, 11) is 1.58. The minimum absolute atomic E-state index is 0.118. The van der Waals surface area contributed by atoms with Gasteiger partial charge in [-0.25, -0.2) is 0 Å². The number of hydrogen-bond acceptors (Lipinski definition) is 2. The zero-order valence-electron chi connectivity index (χ0n) is 13.8. The normalized spacial score (nSPS) is 11.5. The largest absolute Gasteiger partial charge is 0.495 e. The number of anilines is 1. The number of ether oxygens (including phenoxy) is 1. The van der Waals surface area contributed by atoms with Crippen molar-refractivity contribution in [3.63, 3.8) is 0 Å². The van der Waals surface area contributed by atoms with E-state index in [1.54, 1.807) is 7.11 Å². The van der Waals surface area contributed by atoms with Gasteiger partial charge in [0, 0.05) is 22.1 Å². The highest BCUT2D eigenvalue weighted by Gasteiger charge is 2.32. The quantitative estimate of drug-likeness (QED) is 0.719. The van der Waals surface area contributed by atoms with Crippen LogP contribution in [0.1, 0.15) is 19.4 Å². The van der Waals surface area contributed by atoms with E-state index in [0.717, 1.165) is 16.5 Å². The van der Waals surface area contributed by atoms with Gasteiger partial charge in [-0.1, -0.05) is 23.7 Å². The lowest BCUT2D eigenvalue weighted by Gasteiger charge is -2.24. The van der Waals surface area contributed by atoms with Crippen molar-refractivity contribution in [3.8, 4) is 5.75 Å². The van der Waals surface area contributed by atoms with Crippen molar-refractivity contribution < 1.29 is 9.53 Å². The van der Waals surface area contributed by atoms with Crippen LogP contribution < -0.4 is 10.1 Å². The van der Waals surface area contributed by atoms with E-state index in [1.807, 2.05) is 62.5 Å². The van der Waals surface area contributed by atoms with Crippen molar-refractivity contribution >= 4 is 34.1 Å². The molecule has 0 fully saturated rings. The summed E-state index contributed by atoms with van der Waals surface area (Å²) in [5.74, 6) is 0.511. The second-order valence-corrected chi connectivity index (χ2v) is 6.61. The fourth-order valence-electron chi connectivity index (χ4n) is 2.76. The van der Waals surface area contributed by atoms with Crippen molar-refractivity contribution in [2.24, 2.45) is 0 Å². The number of fused-ring (bicyclic) bond motifs is 1. The third-order valence-electron chi connectivity index (χ3n) is 4.24. The SMILES string of the molecule is COc1ccccc1NC(=O)C(C)(C)c1c[nH]c2ccc(Cl)cc12. The summed E-state index contributed by atoms with van der Waals surface area (Å²) in [5.41, 5.74) is 1.75. The van der Waals surface area contributed by atoms with Gasteiger partial charge < -0.3 is 15.0 Å².